The first-order valence-corrected chi connectivity index (χ1v) is 18.4. The lowest BCUT2D eigenvalue weighted by molar-refractivity contribution is -0.130. The predicted octanol–water partition coefficient (Wildman–Crippen LogP) is 5.49. The zero-order valence-electron chi connectivity index (χ0n) is 31.4. The molecule has 2 aliphatic heterocycles. The first-order valence-electron chi connectivity index (χ1n) is 18.4. The van der Waals surface area contributed by atoms with Gasteiger partial charge in [-0.1, -0.05) is 55.7 Å². The molecule has 5 aromatic rings. The molecule has 7 rings (SSSR count). The molecule has 0 saturated carbocycles. The molecular formula is C43H44N8O3. The lowest BCUT2D eigenvalue weighted by atomic mass is 10.00. The Balaban J connectivity index is 1.02. The highest BCUT2D eigenvalue weighted by Crippen LogP contribution is 2.36. The number of nitrogens with zero attached hydrogens (tertiary/aromatic N) is 6. The van der Waals surface area contributed by atoms with Gasteiger partial charge < -0.3 is 25.0 Å². The van der Waals surface area contributed by atoms with Crippen molar-refractivity contribution in [2.24, 2.45) is 0 Å². The van der Waals surface area contributed by atoms with Crippen molar-refractivity contribution in [2.45, 2.75) is 66.2 Å². The van der Waals surface area contributed by atoms with Gasteiger partial charge >= 0.3 is 0 Å². The Morgan fingerprint density at radius 1 is 1.00 bits per heavy atom. The van der Waals surface area contributed by atoms with Crippen molar-refractivity contribution in [3.05, 3.63) is 107 Å². The number of likely N-dealkylation sites (N-methyl/N-ethyl adjacent to an activating group) is 1. The van der Waals surface area contributed by atoms with Crippen molar-refractivity contribution in [3.63, 3.8) is 0 Å². The van der Waals surface area contributed by atoms with E-state index in [1.165, 1.54) is 0 Å². The van der Waals surface area contributed by atoms with Crippen LogP contribution in [0.5, 0.6) is 0 Å². The molecule has 2 N–H and O–H groups in total. The van der Waals surface area contributed by atoms with Gasteiger partial charge in [0.15, 0.2) is 0 Å². The van der Waals surface area contributed by atoms with Crippen LogP contribution in [0.3, 0.4) is 0 Å². The minimum Gasteiger partial charge on any atom is -0.357 e. The fraction of sp³-hybridized carbons (Fsp3) is 0.302. The summed E-state index contributed by atoms with van der Waals surface area (Å²) in [5.74, 6) is 7.20. The molecule has 0 fully saturated rings. The van der Waals surface area contributed by atoms with Crippen LogP contribution in [-0.4, -0.2) is 73.2 Å². The van der Waals surface area contributed by atoms with E-state index in [4.69, 9.17) is 9.97 Å². The number of amides is 3. The van der Waals surface area contributed by atoms with Crippen LogP contribution in [0.25, 0.3) is 39.0 Å². The third-order valence-corrected chi connectivity index (χ3v) is 10.5. The summed E-state index contributed by atoms with van der Waals surface area (Å²) in [6.45, 7) is 14.6. The highest BCUT2D eigenvalue weighted by atomic mass is 16.2. The van der Waals surface area contributed by atoms with Crippen LogP contribution in [0.4, 0.5) is 0 Å². The monoisotopic (exact) mass is 720 g/mol. The van der Waals surface area contributed by atoms with Gasteiger partial charge in [0.1, 0.15) is 17.6 Å². The number of nitrogens with one attached hydrogen (secondary N) is 2. The molecule has 0 radical (unpaired) electrons. The summed E-state index contributed by atoms with van der Waals surface area (Å²) in [7, 11) is 1.63. The molecular weight excluding hydrogens is 677 g/mol. The fourth-order valence-electron chi connectivity index (χ4n) is 7.45. The molecule has 0 aliphatic carbocycles. The normalized spacial score (nSPS) is 13.9. The van der Waals surface area contributed by atoms with E-state index in [0.29, 0.717) is 44.0 Å². The van der Waals surface area contributed by atoms with Gasteiger partial charge in [0.2, 0.25) is 11.8 Å². The van der Waals surface area contributed by atoms with Gasteiger partial charge in [-0.25, -0.2) is 9.97 Å². The van der Waals surface area contributed by atoms with Gasteiger partial charge in [0.05, 0.1) is 23.6 Å². The highest BCUT2D eigenvalue weighted by Gasteiger charge is 2.31. The fourth-order valence-corrected chi connectivity index (χ4v) is 7.45. The molecule has 274 valence electrons. The average Bonchev–Trinajstić information content (AvgIpc) is 3.73. The first kappa shape index (κ1) is 36.1. The van der Waals surface area contributed by atoms with E-state index in [2.05, 4.69) is 57.7 Å². The average molecular weight is 721 g/mol. The number of aryl methyl sites for hydroxylation is 2. The number of rotatable bonds is 8. The van der Waals surface area contributed by atoms with E-state index in [-0.39, 0.29) is 23.8 Å². The molecule has 11 nitrogen and oxygen atoms in total. The summed E-state index contributed by atoms with van der Waals surface area (Å²) in [5, 5.41) is 7.64. The van der Waals surface area contributed by atoms with Crippen molar-refractivity contribution in [2.75, 3.05) is 20.1 Å². The maximum absolute atomic E-state index is 13.1. The van der Waals surface area contributed by atoms with Crippen molar-refractivity contribution in [1.82, 2.24) is 40.0 Å². The molecule has 0 bridgehead atoms. The smallest absolute Gasteiger partial charge is 0.269 e. The lowest BCUT2D eigenvalue weighted by Crippen LogP contribution is -2.40. The Hall–Kier alpha value is -6.28. The van der Waals surface area contributed by atoms with Gasteiger partial charge in [0, 0.05) is 98.2 Å². The van der Waals surface area contributed by atoms with Gasteiger partial charge in [-0.3, -0.25) is 19.4 Å². The van der Waals surface area contributed by atoms with Crippen molar-refractivity contribution < 1.29 is 14.4 Å². The van der Waals surface area contributed by atoms with Crippen molar-refractivity contribution in [1.29, 1.82) is 0 Å². The lowest BCUT2D eigenvalue weighted by Gasteiger charge is -2.28. The second-order valence-corrected chi connectivity index (χ2v) is 13.7. The van der Waals surface area contributed by atoms with Crippen LogP contribution >= 0.6 is 0 Å². The molecule has 2 aromatic carbocycles. The summed E-state index contributed by atoms with van der Waals surface area (Å²) in [6, 6.07) is 17.4. The van der Waals surface area contributed by atoms with Crippen LogP contribution in [0.15, 0.2) is 67.4 Å². The number of aromatic nitrogens is 4. The Bertz CT molecular complexity index is 2400. The Morgan fingerprint density at radius 3 is 2.56 bits per heavy atom. The second-order valence-electron chi connectivity index (χ2n) is 13.7. The van der Waals surface area contributed by atoms with E-state index in [0.717, 1.165) is 80.2 Å². The maximum Gasteiger partial charge on any atom is 0.269 e. The number of hydrogen-bond acceptors (Lipinski definition) is 7. The molecule has 0 saturated heterocycles. The van der Waals surface area contributed by atoms with Crippen molar-refractivity contribution in [3.8, 4) is 34.4 Å². The zero-order valence-corrected chi connectivity index (χ0v) is 31.4. The van der Waals surface area contributed by atoms with E-state index < -0.39 is 0 Å². The molecule has 3 aromatic heterocycles. The molecule has 2 aliphatic rings. The van der Waals surface area contributed by atoms with Crippen LogP contribution in [0.2, 0.25) is 0 Å². The van der Waals surface area contributed by atoms with E-state index in [1.54, 1.807) is 20.0 Å². The predicted molar refractivity (Wildman–Crippen MR) is 210 cm³/mol. The third-order valence-electron chi connectivity index (χ3n) is 10.5. The molecule has 3 amide bonds. The van der Waals surface area contributed by atoms with Crippen LogP contribution in [0.1, 0.15) is 71.6 Å². The largest absolute Gasteiger partial charge is 0.357 e. The van der Waals surface area contributed by atoms with Gasteiger partial charge in [0.25, 0.3) is 5.91 Å². The molecule has 54 heavy (non-hydrogen) atoms. The second kappa shape index (κ2) is 15.0. The maximum atomic E-state index is 13.1. The number of pyridine rings is 2. The summed E-state index contributed by atoms with van der Waals surface area (Å²) in [5.41, 5.74) is 9.34. The van der Waals surface area contributed by atoms with Crippen LogP contribution in [0, 0.1) is 18.8 Å². The summed E-state index contributed by atoms with van der Waals surface area (Å²) in [6.07, 6.45) is 3.15. The van der Waals surface area contributed by atoms with Gasteiger partial charge in [-0.15, -0.1) is 0 Å². The quantitative estimate of drug-likeness (QED) is 0.161. The number of imidazole rings is 1. The number of fused-ring (bicyclic) bond motifs is 3. The Morgan fingerprint density at radius 2 is 1.80 bits per heavy atom. The van der Waals surface area contributed by atoms with Gasteiger partial charge in [-0.2, -0.15) is 0 Å². The summed E-state index contributed by atoms with van der Waals surface area (Å²) < 4.78 is 2.26. The van der Waals surface area contributed by atoms with Crippen molar-refractivity contribution >= 4 is 34.2 Å². The van der Waals surface area contributed by atoms with Crippen LogP contribution in [-0.2, 0) is 35.6 Å². The Kier molecular flexibility index (Phi) is 10.0. The van der Waals surface area contributed by atoms with E-state index in [9.17, 15) is 14.4 Å². The number of benzene rings is 2. The molecule has 11 heteroatoms. The summed E-state index contributed by atoms with van der Waals surface area (Å²) in [4.78, 5) is 56.0. The standard InChI is InChI=1S/C43H44N8O3/c1-7-40-48-41(39-25-49(29(5)52)20-21-50(39)40)34-16-11-14-31-22-38(46-23-35(31)34)32-17-18-37(47-26(32)2)43(54)45-19-9-8-12-30-13-10-15-33-27(3)51(24-36(30)33)28(4)42(53)44-6/h10-11,13-18,22-23,28H,3,7,9,19-21,24-25H2,1-2,4-6H3,(H,44,53)(H,45,54). The molecule has 0 spiro atoms. The highest BCUT2D eigenvalue weighted by molar-refractivity contribution is 5.98. The number of hydrogen-bond donors (Lipinski definition) is 2. The van der Waals surface area contributed by atoms with E-state index >= 15 is 0 Å². The first-order chi connectivity index (χ1) is 26.1. The van der Waals surface area contributed by atoms with Gasteiger partial charge in [-0.05, 0) is 49.1 Å². The number of carbonyl (C=O) groups is 3. The van der Waals surface area contributed by atoms with E-state index in [1.807, 2.05) is 66.2 Å². The minimum atomic E-state index is -0.342. The molecule has 1 atom stereocenters. The molecule has 5 heterocycles. The minimum absolute atomic E-state index is 0.0638. The number of carbonyl (C=O) groups excluding carboxylic acids is 3. The van der Waals surface area contributed by atoms with Crippen LogP contribution < -0.4 is 10.6 Å². The molecule has 1 unspecified atom stereocenters. The third kappa shape index (κ3) is 6.71. The summed E-state index contributed by atoms with van der Waals surface area (Å²) >= 11 is 0. The zero-order chi connectivity index (χ0) is 38.1. The SMILES string of the molecule is C=C1c2cccc(C#CCCNC(=O)c3ccc(-c4cc5cccc(-c6nc(CC)n7c6CN(C(C)=O)CC7)c5cn4)c(C)n3)c2CN1C(C)C(=O)NC. The Labute approximate surface area is 315 Å². The topological polar surface area (TPSA) is 125 Å².